The lowest BCUT2D eigenvalue weighted by Crippen LogP contribution is -2.28. The molecule has 0 unspecified atom stereocenters. The molecule has 3 nitrogen and oxygen atoms in total. The first-order chi connectivity index (χ1) is 11.2. The third-order valence-electron chi connectivity index (χ3n) is 3.54. The van der Waals surface area contributed by atoms with Crippen molar-refractivity contribution in [1.82, 2.24) is 5.32 Å². The lowest BCUT2D eigenvalue weighted by atomic mass is 10.0. The molecule has 3 aromatic rings. The SMILES string of the molecule is O=C(COc1ccc(Cl)cc1)NCc1cccc2ccccc12. The fourth-order valence-corrected chi connectivity index (χ4v) is 2.50. The van der Waals surface area contributed by atoms with Crippen LogP contribution in [0.15, 0.2) is 66.7 Å². The molecule has 1 amide bonds. The Hall–Kier alpha value is -2.52. The van der Waals surface area contributed by atoms with Crippen molar-refractivity contribution in [1.29, 1.82) is 0 Å². The van der Waals surface area contributed by atoms with E-state index in [0.717, 1.165) is 16.3 Å². The second kappa shape index (κ2) is 7.16. The first kappa shape index (κ1) is 15.4. The summed E-state index contributed by atoms with van der Waals surface area (Å²) in [5, 5.41) is 5.83. The summed E-state index contributed by atoms with van der Waals surface area (Å²) >= 11 is 5.80. The number of nitrogens with one attached hydrogen (secondary N) is 1. The molecule has 23 heavy (non-hydrogen) atoms. The molecule has 0 radical (unpaired) electrons. The van der Waals surface area contributed by atoms with Crippen LogP contribution < -0.4 is 10.1 Å². The van der Waals surface area contributed by atoms with Gasteiger partial charge >= 0.3 is 0 Å². The number of rotatable bonds is 5. The summed E-state index contributed by atoms with van der Waals surface area (Å²) in [5.41, 5.74) is 1.09. The molecule has 0 aromatic heterocycles. The Balaban J connectivity index is 1.57. The molecule has 116 valence electrons. The maximum Gasteiger partial charge on any atom is 0.258 e. The zero-order valence-electron chi connectivity index (χ0n) is 12.5. The Morgan fingerprint density at radius 2 is 1.70 bits per heavy atom. The number of hydrogen-bond donors (Lipinski definition) is 1. The van der Waals surface area contributed by atoms with Crippen molar-refractivity contribution in [2.75, 3.05) is 6.61 Å². The molecule has 3 rings (SSSR count). The molecule has 0 aliphatic carbocycles. The number of ether oxygens (including phenoxy) is 1. The van der Waals surface area contributed by atoms with Crippen molar-refractivity contribution >= 4 is 28.3 Å². The van der Waals surface area contributed by atoms with Gasteiger partial charge in [-0.15, -0.1) is 0 Å². The Labute approximate surface area is 139 Å². The van der Waals surface area contributed by atoms with Crippen molar-refractivity contribution in [3.8, 4) is 5.75 Å². The van der Waals surface area contributed by atoms with Gasteiger partial charge in [0.2, 0.25) is 0 Å². The van der Waals surface area contributed by atoms with Crippen molar-refractivity contribution < 1.29 is 9.53 Å². The fraction of sp³-hybridized carbons (Fsp3) is 0.105. The molecule has 0 bridgehead atoms. The number of carbonyl (C=O) groups excluding carboxylic acids is 1. The first-order valence-corrected chi connectivity index (χ1v) is 7.72. The predicted octanol–water partition coefficient (Wildman–Crippen LogP) is 4.19. The second-order valence-electron chi connectivity index (χ2n) is 5.16. The third kappa shape index (κ3) is 4.02. The van der Waals surface area contributed by atoms with Crippen LogP contribution in [0.3, 0.4) is 0 Å². The minimum Gasteiger partial charge on any atom is -0.484 e. The van der Waals surface area contributed by atoms with Crippen LogP contribution in [-0.2, 0) is 11.3 Å². The Morgan fingerprint density at radius 3 is 2.52 bits per heavy atom. The van der Waals surface area contributed by atoms with E-state index in [1.54, 1.807) is 24.3 Å². The van der Waals surface area contributed by atoms with Gasteiger partial charge in [0, 0.05) is 11.6 Å². The zero-order chi connectivity index (χ0) is 16.1. The summed E-state index contributed by atoms with van der Waals surface area (Å²) in [6, 6.07) is 21.1. The highest BCUT2D eigenvalue weighted by Gasteiger charge is 2.05. The number of fused-ring (bicyclic) bond motifs is 1. The van der Waals surface area contributed by atoms with Gasteiger partial charge in [0.15, 0.2) is 6.61 Å². The molecular weight excluding hydrogens is 310 g/mol. The number of amides is 1. The summed E-state index contributed by atoms with van der Waals surface area (Å²) in [7, 11) is 0. The predicted molar refractivity (Wildman–Crippen MR) is 92.7 cm³/mol. The maximum atomic E-state index is 11.9. The number of halogens is 1. The normalized spacial score (nSPS) is 10.5. The van der Waals surface area contributed by atoms with Crippen LogP contribution in [0.25, 0.3) is 10.8 Å². The summed E-state index contributed by atoms with van der Waals surface area (Å²) in [6.07, 6.45) is 0. The van der Waals surface area contributed by atoms with Crippen LogP contribution in [0.1, 0.15) is 5.56 Å². The van der Waals surface area contributed by atoms with Gasteiger partial charge in [0.1, 0.15) is 5.75 Å². The average Bonchev–Trinajstić information content (AvgIpc) is 2.59. The second-order valence-corrected chi connectivity index (χ2v) is 5.59. The largest absolute Gasteiger partial charge is 0.484 e. The molecule has 0 fully saturated rings. The quantitative estimate of drug-likeness (QED) is 0.764. The minimum absolute atomic E-state index is 0.0214. The molecule has 3 aromatic carbocycles. The van der Waals surface area contributed by atoms with Crippen LogP contribution in [0.2, 0.25) is 5.02 Å². The molecule has 0 aliphatic rings. The minimum atomic E-state index is -0.159. The highest BCUT2D eigenvalue weighted by molar-refractivity contribution is 6.30. The fourth-order valence-electron chi connectivity index (χ4n) is 2.37. The standard InChI is InChI=1S/C19H16ClNO2/c20-16-8-10-17(11-9-16)23-13-19(22)21-12-15-6-3-5-14-4-1-2-7-18(14)15/h1-11H,12-13H2,(H,21,22). The summed E-state index contributed by atoms with van der Waals surface area (Å²) in [4.78, 5) is 11.9. The molecule has 0 saturated carbocycles. The van der Waals surface area contributed by atoms with Gasteiger partial charge in [-0.3, -0.25) is 4.79 Å². The highest BCUT2D eigenvalue weighted by atomic mass is 35.5. The number of carbonyl (C=O) groups is 1. The van der Waals surface area contributed by atoms with Crippen molar-refractivity contribution in [3.63, 3.8) is 0 Å². The molecule has 0 aliphatic heterocycles. The number of benzene rings is 3. The maximum absolute atomic E-state index is 11.9. The van der Waals surface area contributed by atoms with Gasteiger partial charge in [-0.05, 0) is 40.6 Å². The van der Waals surface area contributed by atoms with Crippen molar-refractivity contribution in [3.05, 3.63) is 77.3 Å². The lowest BCUT2D eigenvalue weighted by molar-refractivity contribution is -0.123. The van der Waals surface area contributed by atoms with E-state index in [4.69, 9.17) is 16.3 Å². The smallest absolute Gasteiger partial charge is 0.258 e. The van der Waals surface area contributed by atoms with Gasteiger partial charge in [-0.1, -0.05) is 54.1 Å². The van der Waals surface area contributed by atoms with Crippen LogP contribution in [0.4, 0.5) is 0 Å². The summed E-state index contributed by atoms with van der Waals surface area (Å²) < 4.78 is 5.43. The van der Waals surface area contributed by atoms with Crippen LogP contribution in [0.5, 0.6) is 5.75 Å². The van der Waals surface area contributed by atoms with E-state index in [9.17, 15) is 4.79 Å². The van der Waals surface area contributed by atoms with Gasteiger partial charge < -0.3 is 10.1 Å². The van der Waals surface area contributed by atoms with Crippen LogP contribution in [0, 0.1) is 0 Å². The summed E-state index contributed by atoms with van der Waals surface area (Å²) in [5.74, 6) is 0.461. The van der Waals surface area contributed by atoms with Crippen molar-refractivity contribution in [2.24, 2.45) is 0 Å². The van der Waals surface area contributed by atoms with Gasteiger partial charge in [-0.25, -0.2) is 0 Å². The molecule has 0 spiro atoms. The topological polar surface area (TPSA) is 38.3 Å². The first-order valence-electron chi connectivity index (χ1n) is 7.34. The molecule has 0 saturated heterocycles. The van der Waals surface area contributed by atoms with E-state index in [1.165, 1.54) is 0 Å². The van der Waals surface area contributed by atoms with E-state index in [1.807, 2.05) is 24.3 Å². The molecule has 0 atom stereocenters. The van der Waals surface area contributed by atoms with Gasteiger partial charge in [-0.2, -0.15) is 0 Å². The van der Waals surface area contributed by atoms with E-state index in [2.05, 4.69) is 23.5 Å². The van der Waals surface area contributed by atoms with E-state index < -0.39 is 0 Å². The van der Waals surface area contributed by atoms with Crippen LogP contribution in [-0.4, -0.2) is 12.5 Å². The van der Waals surface area contributed by atoms with Crippen LogP contribution >= 0.6 is 11.6 Å². The lowest BCUT2D eigenvalue weighted by Gasteiger charge is -2.09. The van der Waals surface area contributed by atoms with E-state index >= 15 is 0 Å². The Kier molecular flexibility index (Phi) is 4.79. The molecule has 1 N–H and O–H groups in total. The highest BCUT2D eigenvalue weighted by Crippen LogP contribution is 2.18. The molecule has 4 heteroatoms. The van der Waals surface area contributed by atoms with Gasteiger partial charge in [0.05, 0.1) is 0 Å². The monoisotopic (exact) mass is 325 g/mol. The Bertz CT molecular complexity index is 810. The molecular formula is C19H16ClNO2. The van der Waals surface area contributed by atoms with Crippen molar-refractivity contribution in [2.45, 2.75) is 6.54 Å². The molecule has 0 heterocycles. The summed E-state index contributed by atoms with van der Waals surface area (Å²) in [6.45, 7) is 0.455. The van der Waals surface area contributed by atoms with Gasteiger partial charge in [0.25, 0.3) is 5.91 Å². The van der Waals surface area contributed by atoms with E-state index in [-0.39, 0.29) is 12.5 Å². The Morgan fingerprint density at radius 1 is 0.957 bits per heavy atom. The average molecular weight is 326 g/mol. The zero-order valence-corrected chi connectivity index (χ0v) is 13.2. The third-order valence-corrected chi connectivity index (χ3v) is 3.79. The van der Waals surface area contributed by atoms with E-state index in [0.29, 0.717) is 17.3 Å². The number of hydrogen-bond acceptors (Lipinski definition) is 2.